The van der Waals surface area contributed by atoms with Gasteiger partial charge in [-0.05, 0) is 24.5 Å². The Morgan fingerprint density at radius 2 is 2.00 bits per heavy atom. The molecule has 116 valence electrons. The van der Waals surface area contributed by atoms with Crippen LogP contribution in [0.15, 0.2) is 17.0 Å². The first-order valence-electron chi connectivity index (χ1n) is 6.47. The predicted molar refractivity (Wildman–Crippen MR) is 83.8 cm³/mol. The van der Waals surface area contributed by atoms with E-state index in [1.807, 2.05) is 0 Å². The summed E-state index contributed by atoms with van der Waals surface area (Å²) >= 11 is 11.8. The Bertz CT molecular complexity index is 675. The van der Waals surface area contributed by atoms with Gasteiger partial charge in [0.25, 0.3) is 15.0 Å². The average Bonchev–Trinajstić information content (AvgIpc) is 2.85. The van der Waals surface area contributed by atoms with Crippen LogP contribution >= 0.6 is 33.9 Å². The van der Waals surface area contributed by atoms with E-state index in [4.69, 9.17) is 33.9 Å². The lowest BCUT2D eigenvalue weighted by Crippen LogP contribution is -2.29. The third-order valence-electron chi connectivity index (χ3n) is 3.67. The molecule has 1 fully saturated rings. The SMILES string of the molecule is CCC1CCN(C(=O)c2cc(S(=O)(=O)Cl)c(Cl)cc2Cl)C1. The summed E-state index contributed by atoms with van der Waals surface area (Å²) in [6.45, 7) is 3.36. The zero-order valence-electron chi connectivity index (χ0n) is 11.3. The second-order valence-electron chi connectivity index (χ2n) is 5.01. The van der Waals surface area contributed by atoms with Crippen molar-refractivity contribution >= 4 is 48.8 Å². The highest BCUT2D eigenvalue weighted by molar-refractivity contribution is 8.13. The zero-order valence-corrected chi connectivity index (χ0v) is 14.4. The number of benzene rings is 1. The number of hydrogen-bond donors (Lipinski definition) is 0. The molecule has 0 saturated carbocycles. The van der Waals surface area contributed by atoms with E-state index < -0.39 is 9.05 Å². The molecule has 1 amide bonds. The lowest BCUT2D eigenvalue weighted by molar-refractivity contribution is 0.0787. The Morgan fingerprint density at radius 1 is 1.33 bits per heavy atom. The monoisotopic (exact) mass is 369 g/mol. The summed E-state index contributed by atoms with van der Waals surface area (Å²) in [5.41, 5.74) is 0.108. The number of likely N-dealkylation sites (tertiary alicyclic amines) is 1. The van der Waals surface area contributed by atoms with Crippen LogP contribution in [0.5, 0.6) is 0 Å². The summed E-state index contributed by atoms with van der Waals surface area (Å²) in [6.07, 6.45) is 1.94. The minimum absolute atomic E-state index is 0.0978. The summed E-state index contributed by atoms with van der Waals surface area (Å²) in [4.78, 5) is 13.9. The first-order chi connectivity index (χ1) is 9.74. The van der Waals surface area contributed by atoms with Gasteiger partial charge in [0.1, 0.15) is 4.90 Å². The summed E-state index contributed by atoms with van der Waals surface area (Å²) in [6, 6.07) is 2.38. The smallest absolute Gasteiger partial charge is 0.262 e. The molecule has 0 aliphatic carbocycles. The van der Waals surface area contributed by atoms with Crippen LogP contribution < -0.4 is 0 Å². The van der Waals surface area contributed by atoms with E-state index in [2.05, 4.69) is 6.92 Å². The van der Waals surface area contributed by atoms with Crippen molar-refractivity contribution in [3.8, 4) is 0 Å². The standard InChI is InChI=1S/C13H14Cl3NO3S/c1-2-8-3-4-17(7-8)13(18)9-5-12(21(16,19)20)11(15)6-10(9)14/h5-6,8H,2-4,7H2,1H3. The van der Waals surface area contributed by atoms with Gasteiger partial charge in [-0.15, -0.1) is 0 Å². The van der Waals surface area contributed by atoms with Gasteiger partial charge in [0.2, 0.25) is 0 Å². The molecule has 0 spiro atoms. The maximum absolute atomic E-state index is 12.5. The predicted octanol–water partition coefficient (Wildman–Crippen LogP) is 3.79. The van der Waals surface area contributed by atoms with Crippen molar-refractivity contribution in [2.75, 3.05) is 13.1 Å². The van der Waals surface area contributed by atoms with Crippen molar-refractivity contribution in [3.63, 3.8) is 0 Å². The van der Waals surface area contributed by atoms with Gasteiger partial charge >= 0.3 is 0 Å². The molecule has 2 rings (SSSR count). The van der Waals surface area contributed by atoms with Gasteiger partial charge in [0, 0.05) is 23.8 Å². The molecule has 1 atom stereocenters. The van der Waals surface area contributed by atoms with Crippen LogP contribution in [-0.2, 0) is 9.05 Å². The normalized spacial score (nSPS) is 19.0. The molecular formula is C13H14Cl3NO3S. The Balaban J connectivity index is 2.38. The van der Waals surface area contributed by atoms with E-state index in [1.165, 1.54) is 6.07 Å². The maximum Gasteiger partial charge on any atom is 0.262 e. The summed E-state index contributed by atoms with van der Waals surface area (Å²) in [5.74, 6) is 0.172. The topological polar surface area (TPSA) is 54.5 Å². The molecule has 1 saturated heterocycles. The van der Waals surface area contributed by atoms with E-state index in [0.29, 0.717) is 19.0 Å². The third kappa shape index (κ3) is 3.65. The van der Waals surface area contributed by atoms with Crippen molar-refractivity contribution in [3.05, 3.63) is 27.7 Å². The van der Waals surface area contributed by atoms with Gasteiger partial charge in [0.15, 0.2) is 0 Å². The molecule has 8 heteroatoms. The van der Waals surface area contributed by atoms with E-state index in [0.717, 1.165) is 18.9 Å². The molecule has 21 heavy (non-hydrogen) atoms. The molecule has 1 heterocycles. The lowest BCUT2D eigenvalue weighted by Gasteiger charge is -2.17. The lowest BCUT2D eigenvalue weighted by atomic mass is 10.1. The second kappa shape index (κ2) is 6.32. The van der Waals surface area contributed by atoms with Crippen LogP contribution in [0.3, 0.4) is 0 Å². The summed E-state index contributed by atoms with van der Waals surface area (Å²) in [5, 5.41) is 0.0217. The molecule has 1 unspecified atom stereocenters. The minimum Gasteiger partial charge on any atom is -0.338 e. The van der Waals surface area contributed by atoms with Crippen LogP contribution in [0.25, 0.3) is 0 Å². The molecule has 1 aliphatic rings. The molecule has 0 radical (unpaired) electrons. The van der Waals surface area contributed by atoms with Crippen LogP contribution in [0.2, 0.25) is 10.0 Å². The first-order valence-corrected chi connectivity index (χ1v) is 9.53. The molecule has 0 N–H and O–H groups in total. The van der Waals surface area contributed by atoms with Gasteiger partial charge in [-0.2, -0.15) is 0 Å². The zero-order chi connectivity index (χ0) is 15.8. The summed E-state index contributed by atoms with van der Waals surface area (Å²) in [7, 11) is 1.28. The largest absolute Gasteiger partial charge is 0.338 e. The Kier molecular flexibility index (Phi) is 5.08. The number of nitrogens with zero attached hydrogens (tertiary/aromatic N) is 1. The van der Waals surface area contributed by atoms with E-state index >= 15 is 0 Å². The number of carbonyl (C=O) groups is 1. The van der Waals surface area contributed by atoms with Gasteiger partial charge < -0.3 is 4.90 Å². The molecule has 4 nitrogen and oxygen atoms in total. The number of carbonyl (C=O) groups excluding carboxylic acids is 1. The van der Waals surface area contributed by atoms with E-state index in [9.17, 15) is 13.2 Å². The van der Waals surface area contributed by atoms with Crippen molar-refractivity contribution in [2.24, 2.45) is 5.92 Å². The average molecular weight is 371 g/mol. The molecular weight excluding hydrogens is 357 g/mol. The van der Waals surface area contributed by atoms with Crippen LogP contribution in [-0.4, -0.2) is 32.3 Å². The molecule has 0 bridgehead atoms. The first kappa shape index (κ1) is 16.9. The van der Waals surface area contributed by atoms with Crippen molar-refractivity contribution < 1.29 is 13.2 Å². The van der Waals surface area contributed by atoms with Crippen molar-refractivity contribution in [1.82, 2.24) is 4.90 Å². The van der Waals surface area contributed by atoms with Gasteiger partial charge in [-0.3, -0.25) is 4.79 Å². The number of hydrogen-bond acceptors (Lipinski definition) is 3. The quantitative estimate of drug-likeness (QED) is 0.761. The fourth-order valence-corrected chi connectivity index (χ4v) is 4.22. The highest BCUT2D eigenvalue weighted by atomic mass is 35.7. The number of rotatable bonds is 3. The third-order valence-corrected chi connectivity index (χ3v) is 5.76. The van der Waals surface area contributed by atoms with Gasteiger partial charge in [0.05, 0.1) is 15.6 Å². The Hall–Kier alpha value is -0.490. The fourth-order valence-electron chi connectivity index (χ4n) is 2.40. The van der Waals surface area contributed by atoms with Crippen LogP contribution in [0, 0.1) is 5.92 Å². The second-order valence-corrected chi connectivity index (χ2v) is 8.36. The Morgan fingerprint density at radius 3 is 2.52 bits per heavy atom. The van der Waals surface area contributed by atoms with Gasteiger partial charge in [-0.25, -0.2) is 8.42 Å². The molecule has 0 aromatic heterocycles. The van der Waals surface area contributed by atoms with E-state index in [1.54, 1.807) is 4.90 Å². The summed E-state index contributed by atoms with van der Waals surface area (Å²) < 4.78 is 22.9. The highest BCUT2D eigenvalue weighted by Crippen LogP contribution is 2.32. The maximum atomic E-state index is 12.5. The minimum atomic E-state index is -4.03. The number of amides is 1. The molecule has 1 aromatic rings. The van der Waals surface area contributed by atoms with Crippen LogP contribution in [0.4, 0.5) is 0 Å². The fraction of sp³-hybridized carbons (Fsp3) is 0.462. The van der Waals surface area contributed by atoms with Crippen molar-refractivity contribution in [2.45, 2.75) is 24.7 Å². The van der Waals surface area contributed by atoms with Gasteiger partial charge in [-0.1, -0.05) is 36.5 Å². The highest BCUT2D eigenvalue weighted by Gasteiger charge is 2.28. The Labute approximate surface area is 138 Å². The molecule has 1 aromatic carbocycles. The van der Waals surface area contributed by atoms with E-state index in [-0.39, 0.29) is 26.4 Å². The van der Waals surface area contributed by atoms with Crippen molar-refractivity contribution in [1.29, 1.82) is 0 Å². The molecule has 1 aliphatic heterocycles. The number of halogens is 3. The van der Waals surface area contributed by atoms with Crippen LogP contribution in [0.1, 0.15) is 30.1 Å².